The number of hydrogen-bond donors (Lipinski definition) is 1. The third-order valence-corrected chi connectivity index (χ3v) is 2.42. The van der Waals surface area contributed by atoms with Crippen molar-refractivity contribution < 1.29 is 14.6 Å². The second kappa shape index (κ2) is 5.19. The van der Waals surface area contributed by atoms with Gasteiger partial charge in [-0.25, -0.2) is 0 Å². The third-order valence-electron chi connectivity index (χ3n) is 2.42. The molecule has 0 aliphatic carbocycles. The topological polar surface area (TPSA) is 58.9 Å². The molecular formula is C11H17NO3. The maximum absolute atomic E-state index is 11.7. The molecule has 1 rings (SSSR count). The minimum atomic E-state index is -1.10. The number of rotatable bonds is 4. The van der Waals surface area contributed by atoms with Gasteiger partial charge in [-0.05, 0) is 20.3 Å². The van der Waals surface area contributed by atoms with Crippen LogP contribution >= 0.6 is 0 Å². The molecule has 15 heavy (non-hydrogen) atoms. The summed E-state index contributed by atoms with van der Waals surface area (Å²) in [6.45, 7) is 5.99. The fourth-order valence-electron chi connectivity index (χ4n) is 1.52. The lowest BCUT2D eigenvalue weighted by Crippen LogP contribution is -2.36. The summed E-state index contributed by atoms with van der Waals surface area (Å²) in [4.78, 5) is 15.7. The van der Waals surface area contributed by atoms with E-state index in [1.165, 1.54) is 6.20 Å². The Labute approximate surface area is 89.7 Å². The van der Waals surface area contributed by atoms with Gasteiger partial charge in [0.1, 0.15) is 0 Å². The molecule has 0 saturated heterocycles. The number of Topliss-reactive ketones (excluding diaryl/α,β-unsaturated/α-hetero) is 1. The first-order valence-electron chi connectivity index (χ1n) is 5.20. The van der Waals surface area contributed by atoms with Crippen LogP contribution in [0.4, 0.5) is 0 Å². The first kappa shape index (κ1) is 12.1. The molecule has 0 aromatic heterocycles. The number of ketones is 1. The van der Waals surface area contributed by atoms with E-state index in [0.29, 0.717) is 24.3 Å². The standard InChI is InChI=1S/C11H17NO3/c1-4-9(15-5-2)8-6-12-7(3)10(13)11(8)14/h6,9-10,13H,4-5H2,1-3H3. The van der Waals surface area contributed by atoms with E-state index in [2.05, 4.69) is 4.99 Å². The summed E-state index contributed by atoms with van der Waals surface area (Å²) in [6, 6.07) is 0. The van der Waals surface area contributed by atoms with Gasteiger partial charge < -0.3 is 9.84 Å². The fraction of sp³-hybridized carbons (Fsp3) is 0.636. The SMILES string of the molecule is CCOC(CC)C1=CN=C(C)C(O)C1=O. The number of aliphatic hydroxyl groups is 1. The van der Waals surface area contributed by atoms with Crippen molar-refractivity contribution in [3.05, 3.63) is 11.8 Å². The molecule has 0 bridgehead atoms. The summed E-state index contributed by atoms with van der Waals surface area (Å²) in [6.07, 6.45) is 0.856. The quantitative estimate of drug-likeness (QED) is 0.757. The number of aliphatic hydroxyl groups excluding tert-OH is 1. The predicted octanol–water partition coefficient (Wildman–Crippen LogP) is 1.09. The van der Waals surface area contributed by atoms with Crippen LogP contribution in [0.5, 0.6) is 0 Å². The largest absolute Gasteiger partial charge is 0.379 e. The zero-order chi connectivity index (χ0) is 11.4. The first-order chi connectivity index (χ1) is 7.11. The molecule has 0 radical (unpaired) electrons. The summed E-state index contributed by atoms with van der Waals surface area (Å²) in [5.74, 6) is -0.289. The molecule has 0 saturated carbocycles. The van der Waals surface area contributed by atoms with Crippen LogP contribution in [0.2, 0.25) is 0 Å². The molecular weight excluding hydrogens is 194 g/mol. The Bertz CT molecular complexity index is 307. The average Bonchev–Trinajstić information content (AvgIpc) is 2.24. The van der Waals surface area contributed by atoms with Crippen LogP contribution in [-0.2, 0) is 9.53 Å². The molecule has 2 unspecified atom stereocenters. The van der Waals surface area contributed by atoms with Gasteiger partial charge in [0.25, 0.3) is 0 Å². The Balaban J connectivity index is 2.89. The normalized spacial score (nSPS) is 23.5. The summed E-state index contributed by atoms with van der Waals surface area (Å²) in [5.41, 5.74) is 0.910. The molecule has 84 valence electrons. The highest BCUT2D eigenvalue weighted by atomic mass is 16.5. The van der Waals surface area contributed by atoms with Crippen molar-refractivity contribution in [2.45, 2.75) is 39.4 Å². The maximum Gasteiger partial charge on any atom is 0.197 e. The Kier molecular flexibility index (Phi) is 4.17. The lowest BCUT2D eigenvalue weighted by atomic mass is 9.96. The highest BCUT2D eigenvalue weighted by Crippen LogP contribution is 2.18. The van der Waals surface area contributed by atoms with Crippen molar-refractivity contribution in [1.29, 1.82) is 0 Å². The van der Waals surface area contributed by atoms with Crippen molar-refractivity contribution in [2.75, 3.05) is 6.61 Å². The molecule has 2 atom stereocenters. The minimum Gasteiger partial charge on any atom is -0.379 e. The number of hydrogen-bond acceptors (Lipinski definition) is 4. The van der Waals surface area contributed by atoms with E-state index in [4.69, 9.17) is 4.74 Å². The van der Waals surface area contributed by atoms with Gasteiger partial charge in [-0.2, -0.15) is 0 Å². The summed E-state index contributed by atoms with van der Waals surface area (Å²) in [5, 5.41) is 9.55. The van der Waals surface area contributed by atoms with E-state index in [0.717, 1.165) is 0 Å². The Morgan fingerprint density at radius 1 is 1.60 bits per heavy atom. The van der Waals surface area contributed by atoms with Gasteiger partial charge in [0.2, 0.25) is 0 Å². The zero-order valence-corrected chi connectivity index (χ0v) is 9.36. The van der Waals surface area contributed by atoms with E-state index in [-0.39, 0.29) is 11.9 Å². The molecule has 4 nitrogen and oxygen atoms in total. The van der Waals surface area contributed by atoms with Crippen LogP contribution in [0.15, 0.2) is 16.8 Å². The predicted molar refractivity (Wildman–Crippen MR) is 57.9 cm³/mol. The molecule has 1 aliphatic heterocycles. The monoisotopic (exact) mass is 211 g/mol. The van der Waals surface area contributed by atoms with Gasteiger partial charge in [0.15, 0.2) is 11.9 Å². The van der Waals surface area contributed by atoms with E-state index >= 15 is 0 Å². The fourth-order valence-corrected chi connectivity index (χ4v) is 1.52. The Morgan fingerprint density at radius 2 is 2.27 bits per heavy atom. The van der Waals surface area contributed by atoms with Crippen molar-refractivity contribution >= 4 is 11.5 Å². The molecule has 0 amide bonds. The van der Waals surface area contributed by atoms with Gasteiger partial charge in [0, 0.05) is 18.4 Å². The van der Waals surface area contributed by atoms with Crippen LogP contribution in [-0.4, -0.2) is 35.4 Å². The third kappa shape index (κ3) is 2.52. The molecule has 1 heterocycles. The smallest absolute Gasteiger partial charge is 0.197 e. The van der Waals surface area contributed by atoms with Crippen LogP contribution in [0.3, 0.4) is 0 Å². The second-order valence-corrected chi connectivity index (χ2v) is 3.47. The van der Waals surface area contributed by atoms with E-state index < -0.39 is 6.10 Å². The molecule has 1 aliphatic rings. The molecule has 1 N–H and O–H groups in total. The van der Waals surface area contributed by atoms with Gasteiger partial charge in [-0.15, -0.1) is 0 Å². The number of carbonyl (C=O) groups is 1. The zero-order valence-electron chi connectivity index (χ0n) is 9.36. The van der Waals surface area contributed by atoms with Crippen LogP contribution < -0.4 is 0 Å². The van der Waals surface area contributed by atoms with Crippen LogP contribution in [0, 0.1) is 0 Å². The number of nitrogens with zero attached hydrogens (tertiary/aromatic N) is 1. The summed E-state index contributed by atoms with van der Waals surface area (Å²) >= 11 is 0. The van der Waals surface area contributed by atoms with Gasteiger partial charge in [-0.1, -0.05) is 6.92 Å². The highest BCUT2D eigenvalue weighted by Gasteiger charge is 2.29. The Hall–Kier alpha value is -1.00. The maximum atomic E-state index is 11.7. The molecule has 4 heteroatoms. The van der Waals surface area contributed by atoms with Crippen LogP contribution in [0.25, 0.3) is 0 Å². The van der Waals surface area contributed by atoms with Gasteiger partial charge >= 0.3 is 0 Å². The van der Waals surface area contributed by atoms with Crippen LogP contribution in [0.1, 0.15) is 27.2 Å². The average molecular weight is 211 g/mol. The highest BCUT2D eigenvalue weighted by molar-refractivity contribution is 6.16. The lowest BCUT2D eigenvalue weighted by Gasteiger charge is -2.22. The van der Waals surface area contributed by atoms with E-state index in [1.54, 1.807) is 6.92 Å². The van der Waals surface area contributed by atoms with Gasteiger partial charge in [-0.3, -0.25) is 9.79 Å². The van der Waals surface area contributed by atoms with Crippen molar-refractivity contribution in [3.8, 4) is 0 Å². The van der Waals surface area contributed by atoms with E-state index in [1.807, 2.05) is 13.8 Å². The summed E-state index contributed by atoms with van der Waals surface area (Å²) < 4.78 is 5.42. The van der Waals surface area contributed by atoms with Crippen molar-refractivity contribution in [2.24, 2.45) is 4.99 Å². The summed E-state index contributed by atoms with van der Waals surface area (Å²) in [7, 11) is 0. The van der Waals surface area contributed by atoms with Gasteiger partial charge in [0.05, 0.1) is 11.8 Å². The molecule has 0 fully saturated rings. The first-order valence-corrected chi connectivity index (χ1v) is 5.20. The number of aliphatic imine (C=N–C) groups is 1. The Morgan fingerprint density at radius 3 is 2.80 bits per heavy atom. The lowest BCUT2D eigenvalue weighted by molar-refractivity contribution is -0.122. The number of carbonyl (C=O) groups excluding carboxylic acids is 1. The molecule has 0 spiro atoms. The second-order valence-electron chi connectivity index (χ2n) is 3.47. The minimum absolute atomic E-state index is 0.256. The molecule has 0 aromatic rings. The van der Waals surface area contributed by atoms with Crippen molar-refractivity contribution in [1.82, 2.24) is 0 Å². The number of ether oxygens (including phenoxy) is 1. The molecule has 0 aromatic carbocycles. The van der Waals surface area contributed by atoms with Crippen molar-refractivity contribution in [3.63, 3.8) is 0 Å². The van der Waals surface area contributed by atoms with E-state index in [9.17, 15) is 9.90 Å².